The number of carbonyl (C=O) groups excluding carboxylic acids is 3. The summed E-state index contributed by atoms with van der Waals surface area (Å²) in [6, 6.07) is 11.5. The molecule has 1 aliphatic heterocycles. The Morgan fingerprint density at radius 2 is 1.89 bits per heavy atom. The Morgan fingerprint density at radius 3 is 2.61 bits per heavy atom. The number of ether oxygens (including phenoxy) is 1. The number of imidazole rings is 1. The average Bonchev–Trinajstić information content (AvgIpc) is 3.53. The molecular weight excluding hydrogens is 504 g/mol. The summed E-state index contributed by atoms with van der Waals surface area (Å²) in [5.41, 5.74) is 2.35. The first-order chi connectivity index (χ1) is 18.2. The Labute approximate surface area is 223 Å². The van der Waals surface area contributed by atoms with Gasteiger partial charge in [0.1, 0.15) is 17.1 Å². The van der Waals surface area contributed by atoms with Crippen molar-refractivity contribution in [2.75, 3.05) is 11.5 Å². The molecule has 1 saturated heterocycles. The number of fused-ring (bicyclic) bond motifs is 1. The van der Waals surface area contributed by atoms with Crippen LogP contribution in [0.2, 0.25) is 0 Å². The Hall–Kier alpha value is -4.31. The fourth-order valence-corrected chi connectivity index (χ4v) is 5.67. The minimum Gasteiger partial charge on any atom is -0.505 e. The number of amides is 1. The van der Waals surface area contributed by atoms with Crippen molar-refractivity contribution < 1.29 is 24.2 Å². The van der Waals surface area contributed by atoms with Crippen molar-refractivity contribution in [1.82, 2.24) is 14.4 Å². The zero-order valence-electron chi connectivity index (χ0n) is 21.4. The molecule has 3 aromatic heterocycles. The van der Waals surface area contributed by atoms with Crippen molar-refractivity contribution in [3.8, 4) is 5.75 Å². The lowest BCUT2D eigenvalue weighted by Crippen LogP contribution is -2.29. The average molecular weight is 531 g/mol. The minimum atomic E-state index is -1.00. The molecule has 1 aliphatic rings. The van der Waals surface area contributed by atoms with Crippen LogP contribution >= 0.6 is 11.3 Å². The van der Waals surface area contributed by atoms with Crippen LogP contribution in [0.4, 0.5) is 5.13 Å². The Morgan fingerprint density at radius 1 is 1.11 bits per heavy atom. The molecule has 0 bridgehead atoms. The van der Waals surface area contributed by atoms with E-state index in [1.165, 1.54) is 11.8 Å². The van der Waals surface area contributed by atoms with Gasteiger partial charge in [-0.05, 0) is 50.1 Å². The molecule has 0 spiro atoms. The number of pyridine rings is 1. The van der Waals surface area contributed by atoms with Crippen molar-refractivity contribution in [1.29, 1.82) is 0 Å². The lowest BCUT2D eigenvalue weighted by Gasteiger charge is -2.23. The maximum absolute atomic E-state index is 13.6. The van der Waals surface area contributed by atoms with E-state index >= 15 is 0 Å². The largest absolute Gasteiger partial charge is 0.505 e. The van der Waals surface area contributed by atoms with Crippen LogP contribution in [0.25, 0.3) is 11.4 Å². The number of nitrogens with zero attached hydrogens (tertiary/aromatic N) is 4. The number of benzene rings is 1. The predicted molar refractivity (Wildman–Crippen MR) is 144 cm³/mol. The molecule has 4 aromatic rings. The molecule has 38 heavy (non-hydrogen) atoms. The van der Waals surface area contributed by atoms with Crippen LogP contribution in [0, 0.1) is 13.8 Å². The molecule has 194 valence electrons. The first-order valence-electron chi connectivity index (χ1n) is 12.2. The molecule has 1 atom stereocenters. The first kappa shape index (κ1) is 25.3. The van der Waals surface area contributed by atoms with Crippen LogP contribution in [0.5, 0.6) is 5.75 Å². The molecule has 4 heterocycles. The molecule has 10 heteroatoms. The third-order valence-corrected chi connectivity index (χ3v) is 7.59. The summed E-state index contributed by atoms with van der Waals surface area (Å²) in [5.74, 6) is -1.65. The maximum atomic E-state index is 13.6. The summed E-state index contributed by atoms with van der Waals surface area (Å²) in [7, 11) is 0. The summed E-state index contributed by atoms with van der Waals surface area (Å²) >= 11 is 1.04. The van der Waals surface area contributed by atoms with E-state index in [0.717, 1.165) is 17.8 Å². The van der Waals surface area contributed by atoms with Crippen LogP contribution in [0.1, 0.15) is 58.6 Å². The Kier molecular flexibility index (Phi) is 6.58. The second-order valence-corrected chi connectivity index (χ2v) is 10.0. The minimum absolute atomic E-state index is 0.0892. The predicted octanol–water partition coefficient (Wildman–Crippen LogP) is 5.03. The van der Waals surface area contributed by atoms with E-state index in [1.807, 2.05) is 13.0 Å². The van der Waals surface area contributed by atoms with Gasteiger partial charge in [0.15, 0.2) is 16.7 Å². The lowest BCUT2D eigenvalue weighted by atomic mass is 9.96. The standard InChI is InChI=1S/C28H26N4O5S/c1-5-13-37-19-10-8-9-18(14-19)23-21(24(34)22-15(2)29-20-11-6-7-12-31(20)22)25(35)27(36)32(23)28-30-16(3)26(38-28)17(4)33/h6-12,14,23,34H,5,13H2,1-4H3/b24-21+. The van der Waals surface area contributed by atoms with Gasteiger partial charge in [0, 0.05) is 13.1 Å². The highest BCUT2D eigenvalue weighted by Crippen LogP contribution is 2.44. The van der Waals surface area contributed by atoms with E-state index in [9.17, 15) is 19.5 Å². The fraction of sp³-hybridized carbons (Fsp3) is 0.250. The van der Waals surface area contributed by atoms with E-state index in [1.54, 1.807) is 60.8 Å². The van der Waals surface area contributed by atoms with Gasteiger partial charge in [-0.3, -0.25) is 23.7 Å². The van der Waals surface area contributed by atoms with E-state index in [4.69, 9.17) is 4.74 Å². The number of aliphatic hydroxyl groups excluding tert-OH is 1. The van der Waals surface area contributed by atoms with Crippen molar-refractivity contribution in [3.63, 3.8) is 0 Å². The van der Waals surface area contributed by atoms with Gasteiger partial charge in [0.05, 0.1) is 34.5 Å². The fourth-order valence-electron chi connectivity index (χ4n) is 4.68. The third kappa shape index (κ3) is 4.16. The van der Waals surface area contributed by atoms with Crippen molar-refractivity contribution >= 4 is 45.3 Å². The van der Waals surface area contributed by atoms with Crippen molar-refractivity contribution in [2.24, 2.45) is 0 Å². The molecule has 1 fully saturated rings. The van der Waals surface area contributed by atoms with Gasteiger partial charge in [-0.2, -0.15) is 0 Å². The number of rotatable bonds is 7. The summed E-state index contributed by atoms with van der Waals surface area (Å²) in [6.45, 7) is 7.34. The number of ketones is 2. The van der Waals surface area contributed by atoms with Gasteiger partial charge in [-0.15, -0.1) is 0 Å². The zero-order valence-corrected chi connectivity index (χ0v) is 22.2. The molecule has 1 N–H and O–H groups in total. The number of hydrogen-bond donors (Lipinski definition) is 1. The highest BCUT2D eigenvalue weighted by molar-refractivity contribution is 7.18. The quantitative estimate of drug-likeness (QED) is 0.154. The first-order valence-corrected chi connectivity index (χ1v) is 13.0. The molecule has 9 nitrogen and oxygen atoms in total. The van der Waals surface area contributed by atoms with Crippen molar-refractivity contribution in [3.05, 3.63) is 81.8 Å². The Balaban J connectivity index is 1.76. The molecule has 5 rings (SSSR count). The topological polar surface area (TPSA) is 114 Å². The number of aliphatic hydroxyl groups is 1. The van der Waals surface area contributed by atoms with Crippen LogP contribution in [-0.4, -0.2) is 43.6 Å². The number of Topliss-reactive ketones (excluding diaryl/α,β-unsaturated/α-hetero) is 2. The van der Waals surface area contributed by atoms with Crippen molar-refractivity contribution in [2.45, 2.75) is 40.2 Å². The van der Waals surface area contributed by atoms with Crippen LogP contribution in [0.3, 0.4) is 0 Å². The molecule has 1 amide bonds. The third-order valence-electron chi connectivity index (χ3n) is 6.33. The number of anilines is 1. The summed E-state index contributed by atoms with van der Waals surface area (Å²) < 4.78 is 7.49. The summed E-state index contributed by atoms with van der Waals surface area (Å²) in [6.07, 6.45) is 2.54. The summed E-state index contributed by atoms with van der Waals surface area (Å²) in [5, 5.41) is 11.9. The number of aromatic nitrogens is 3. The SMILES string of the molecule is CCCOc1cccc(C2/C(=C(\O)c3c(C)nc4ccccn34)C(=O)C(=O)N2c2nc(C)c(C(C)=O)s2)c1. The highest BCUT2D eigenvalue weighted by Gasteiger charge is 2.49. The second kappa shape index (κ2) is 9.86. The van der Waals surface area contributed by atoms with Gasteiger partial charge in [-0.1, -0.05) is 36.5 Å². The molecule has 0 saturated carbocycles. The maximum Gasteiger partial charge on any atom is 0.301 e. The van der Waals surface area contributed by atoms with Gasteiger partial charge in [-0.25, -0.2) is 9.97 Å². The molecule has 1 aromatic carbocycles. The number of aryl methyl sites for hydroxylation is 2. The van der Waals surface area contributed by atoms with Gasteiger partial charge in [0.25, 0.3) is 5.78 Å². The highest BCUT2D eigenvalue weighted by atomic mass is 32.1. The zero-order chi connectivity index (χ0) is 27.1. The van der Waals surface area contributed by atoms with Crippen LogP contribution in [0.15, 0.2) is 54.2 Å². The lowest BCUT2D eigenvalue weighted by molar-refractivity contribution is -0.132. The smallest absolute Gasteiger partial charge is 0.301 e. The molecule has 0 aliphatic carbocycles. The van der Waals surface area contributed by atoms with Crippen LogP contribution in [-0.2, 0) is 9.59 Å². The number of carbonyl (C=O) groups is 3. The van der Waals surface area contributed by atoms with Gasteiger partial charge >= 0.3 is 5.91 Å². The second-order valence-electron chi connectivity index (χ2n) is 9.03. The van der Waals surface area contributed by atoms with Crippen LogP contribution < -0.4 is 9.64 Å². The molecule has 0 radical (unpaired) electrons. The number of thiazole rings is 1. The van der Waals surface area contributed by atoms with Gasteiger partial charge in [0.2, 0.25) is 0 Å². The monoisotopic (exact) mass is 530 g/mol. The van der Waals surface area contributed by atoms with Gasteiger partial charge < -0.3 is 9.84 Å². The molecular formula is C28H26N4O5S. The Bertz CT molecular complexity index is 1630. The number of hydrogen-bond acceptors (Lipinski definition) is 8. The van der Waals surface area contributed by atoms with E-state index in [2.05, 4.69) is 9.97 Å². The van der Waals surface area contributed by atoms with E-state index < -0.39 is 17.7 Å². The normalized spacial score (nSPS) is 16.9. The van der Waals surface area contributed by atoms with E-state index in [-0.39, 0.29) is 22.2 Å². The molecule has 1 unspecified atom stereocenters. The summed E-state index contributed by atoms with van der Waals surface area (Å²) in [4.78, 5) is 49.9. The van der Waals surface area contributed by atoms with E-state index in [0.29, 0.717) is 45.5 Å².